The Hall–Kier alpha value is -0.830. The first-order valence-electron chi connectivity index (χ1n) is 7.15. The van der Waals surface area contributed by atoms with Crippen LogP contribution in [0.3, 0.4) is 0 Å². The summed E-state index contributed by atoms with van der Waals surface area (Å²) in [5.41, 5.74) is 1.17. The zero-order valence-electron chi connectivity index (χ0n) is 11.2. The molecule has 1 aliphatic rings. The number of aryl methyl sites for hydroxylation is 1. The van der Waals surface area contributed by atoms with E-state index in [1.807, 2.05) is 5.38 Å². The lowest BCUT2D eigenvalue weighted by Crippen LogP contribution is -2.24. The smallest absolute Gasteiger partial charge is 0.261 e. The topological polar surface area (TPSA) is 29.1 Å². The van der Waals surface area contributed by atoms with Crippen molar-refractivity contribution < 1.29 is 4.79 Å². The van der Waals surface area contributed by atoms with Gasteiger partial charge in [0.25, 0.3) is 5.91 Å². The fourth-order valence-electron chi connectivity index (χ4n) is 2.79. The maximum Gasteiger partial charge on any atom is 0.261 e. The second-order valence-electron chi connectivity index (χ2n) is 5.18. The highest BCUT2D eigenvalue weighted by Gasteiger charge is 2.15. The number of hydrogen-bond acceptors (Lipinski definition) is 2. The van der Waals surface area contributed by atoms with E-state index in [9.17, 15) is 4.79 Å². The van der Waals surface area contributed by atoms with Crippen molar-refractivity contribution >= 4 is 17.2 Å². The van der Waals surface area contributed by atoms with Crippen LogP contribution >= 0.6 is 11.3 Å². The summed E-state index contributed by atoms with van der Waals surface area (Å²) >= 11 is 1.55. The third-order valence-electron chi connectivity index (χ3n) is 3.88. The molecule has 0 radical (unpaired) electrons. The van der Waals surface area contributed by atoms with Crippen molar-refractivity contribution in [3.63, 3.8) is 0 Å². The van der Waals surface area contributed by atoms with Crippen molar-refractivity contribution in [2.24, 2.45) is 5.92 Å². The summed E-state index contributed by atoms with van der Waals surface area (Å²) in [7, 11) is 0. The van der Waals surface area contributed by atoms with Gasteiger partial charge in [-0.05, 0) is 42.2 Å². The quantitative estimate of drug-likeness (QED) is 0.774. The minimum absolute atomic E-state index is 0.119. The van der Waals surface area contributed by atoms with E-state index in [0.29, 0.717) is 0 Å². The highest BCUT2D eigenvalue weighted by Crippen LogP contribution is 2.28. The predicted molar refractivity (Wildman–Crippen MR) is 77.2 cm³/mol. The molecule has 18 heavy (non-hydrogen) atoms. The monoisotopic (exact) mass is 265 g/mol. The van der Waals surface area contributed by atoms with Crippen LogP contribution in [0.15, 0.2) is 11.4 Å². The van der Waals surface area contributed by atoms with Gasteiger partial charge in [0.2, 0.25) is 0 Å². The van der Waals surface area contributed by atoms with E-state index in [1.54, 1.807) is 11.3 Å². The van der Waals surface area contributed by atoms with Crippen LogP contribution < -0.4 is 5.32 Å². The van der Waals surface area contributed by atoms with Gasteiger partial charge in [-0.2, -0.15) is 0 Å². The highest BCUT2D eigenvalue weighted by molar-refractivity contribution is 7.12. The van der Waals surface area contributed by atoms with E-state index in [1.165, 1.54) is 37.7 Å². The molecular formula is C15H23NOS. The molecule has 1 heterocycles. The Morgan fingerprint density at radius 2 is 2.22 bits per heavy atom. The molecule has 100 valence electrons. The van der Waals surface area contributed by atoms with Crippen molar-refractivity contribution in [3.8, 4) is 0 Å². The first kappa shape index (κ1) is 13.6. The standard InChI is InChI=1S/C15H23NOS/c1-2-13-9-11-18-14(13)15(17)16-10-5-8-12-6-3-4-7-12/h9,11-12H,2-8,10H2,1H3,(H,16,17). The number of carbonyl (C=O) groups excluding carboxylic acids is 1. The highest BCUT2D eigenvalue weighted by atomic mass is 32.1. The summed E-state index contributed by atoms with van der Waals surface area (Å²) in [6, 6.07) is 2.05. The average Bonchev–Trinajstić information content (AvgIpc) is 3.04. The zero-order chi connectivity index (χ0) is 12.8. The van der Waals surface area contributed by atoms with Crippen LogP contribution in [0.5, 0.6) is 0 Å². The second kappa shape index (κ2) is 6.93. The number of amides is 1. The van der Waals surface area contributed by atoms with Gasteiger partial charge in [0.05, 0.1) is 4.88 Å². The lowest BCUT2D eigenvalue weighted by molar-refractivity contribution is 0.0955. The molecule has 1 aromatic heterocycles. The van der Waals surface area contributed by atoms with E-state index in [0.717, 1.165) is 30.2 Å². The van der Waals surface area contributed by atoms with Gasteiger partial charge >= 0.3 is 0 Å². The first-order chi connectivity index (χ1) is 8.81. The fraction of sp³-hybridized carbons (Fsp3) is 0.667. The third-order valence-corrected chi connectivity index (χ3v) is 4.84. The van der Waals surface area contributed by atoms with Crippen LogP contribution in [0.1, 0.15) is 60.7 Å². The third kappa shape index (κ3) is 3.58. The Balaban J connectivity index is 1.68. The zero-order valence-corrected chi connectivity index (χ0v) is 12.0. The number of hydrogen-bond donors (Lipinski definition) is 1. The Labute approximate surface area is 114 Å². The average molecular weight is 265 g/mol. The van der Waals surface area contributed by atoms with Crippen LogP contribution in [0.2, 0.25) is 0 Å². The molecule has 0 atom stereocenters. The lowest BCUT2D eigenvalue weighted by atomic mass is 10.0. The van der Waals surface area contributed by atoms with Crippen LogP contribution in [0.4, 0.5) is 0 Å². The molecular weight excluding hydrogens is 242 g/mol. The molecule has 1 amide bonds. The summed E-state index contributed by atoms with van der Waals surface area (Å²) in [5.74, 6) is 1.04. The largest absolute Gasteiger partial charge is 0.351 e. The normalized spacial score (nSPS) is 16.1. The van der Waals surface area contributed by atoms with E-state index in [2.05, 4.69) is 18.3 Å². The van der Waals surface area contributed by atoms with E-state index >= 15 is 0 Å². The number of thiophene rings is 1. The van der Waals surface area contributed by atoms with Crippen molar-refractivity contribution in [3.05, 3.63) is 21.9 Å². The fourth-order valence-corrected chi connectivity index (χ4v) is 3.70. The Kier molecular flexibility index (Phi) is 5.24. The van der Waals surface area contributed by atoms with Crippen LogP contribution in [-0.4, -0.2) is 12.5 Å². The molecule has 0 bridgehead atoms. The van der Waals surface area contributed by atoms with Gasteiger partial charge < -0.3 is 5.32 Å². The van der Waals surface area contributed by atoms with Gasteiger partial charge in [-0.25, -0.2) is 0 Å². The molecule has 0 saturated heterocycles. The summed E-state index contributed by atoms with van der Waals surface area (Å²) in [6.07, 6.45) is 8.97. The van der Waals surface area contributed by atoms with E-state index < -0.39 is 0 Å². The summed E-state index contributed by atoms with van der Waals surface area (Å²) < 4.78 is 0. The van der Waals surface area contributed by atoms with Gasteiger partial charge in [-0.1, -0.05) is 32.6 Å². The molecule has 1 fully saturated rings. The van der Waals surface area contributed by atoms with Crippen molar-refractivity contribution in [1.29, 1.82) is 0 Å². The minimum atomic E-state index is 0.119. The van der Waals surface area contributed by atoms with Gasteiger partial charge in [-0.15, -0.1) is 11.3 Å². The number of nitrogens with one attached hydrogen (secondary N) is 1. The maximum absolute atomic E-state index is 12.0. The molecule has 1 aliphatic carbocycles. The minimum Gasteiger partial charge on any atom is -0.351 e. The summed E-state index contributed by atoms with van der Waals surface area (Å²) in [5, 5.41) is 5.06. The number of carbonyl (C=O) groups is 1. The molecule has 0 spiro atoms. The molecule has 1 saturated carbocycles. The van der Waals surface area contributed by atoms with E-state index in [-0.39, 0.29) is 5.91 Å². The predicted octanol–water partition coefficient (Wildman–Crippen LogP) is 4.01. The SMILES string of the molecule is CCc1ccsc1C(=O)NCCCC1CCCC1. The molecule has 0 aromatic carbocycles. The van der Waals surface area contributed by atoms with Crippen molar-refractivity contribution in [2.75, 3.05) is 6.54 Å². The molecule has 1 aromatic rings. The molecule has 3 heteroatoms. The molecule has 1 N–H and O–H groups in total. The lowest BCUT2D eigenvalue weighted by Gasteiger charge is -2.09. The summed E-state index contributed by atoms with van der Waals surface area (Å²) in [4.78, 5) is 12.9. The van der Waals surface area contributed by atoms with Crippen molar-refractivity contribution in [2.45, 2.75) is 51.9 Å². The molecule has 0 aliphatic heterocycles. The molecule has 2 rings (SSSR count). The van der Waals surface area contributed by atoms with Crippen LogP contribution in [0, 0.1) is 5.92 Å². The Morgan fingerprint density at radius 1 is 1.44 bits per heavy atom. The van der Waals surface area contributed by atoms with E-state index in [4.69, 9.17) is 0 Å². The molecule has 2 nitrogen and oxygen atoms in total. The van der Waals surface area contributed by atoms with Gasteiger partial charge in [0.15, 0.2) is 0 Å². The summed E-state index contributed by atoms with van der Waals surface area (Å²) in [6.45, 7) is 2.93. The Bertz CT molecular complexity index is 380. The maximum atomic E-state index is 12.0. The van der Waals surface area contributed by atoms with Gasteiger partial charge in [0, 0.05) is 6.54 Å². The second-order valence-corrected chi connectivity index (χ2v) is 6.09. The van der Waals surface area contributed by atoms with Gasteiger partial charge in [0.1, 0.15) is 0 Å². The first-order valence-corrected chi connectivity index (χ1v) is 8.03. The van der Waals surface area contributed by atoms with Crippen LogP contribution in [0.25, 0.3) is 0 Å². The Morgan fingerprint density at radius 3 is 2.94 bits per heavy atom. The molecule has 0 unspecified atom stereocenters. The van der Waals surface area contributed by atoms with Gasteiger partial charge in [-0.3, -0.25) is 4.79 Å². The van der Waals surface area contributed by atoms with Crippen LogP contribution in [-0.2, 0) is 6.42 Å². The van der Waals surface area contributed by atoms with Crippen molar-refractivity contribution in [1.82, 2.24) is 5.32 Å². The number of rotatable bonds is 6.